The van der Waals surface area contributed by atoms with Crippen LogP contribution in [0, 0.1) is 0 Å². The summed E-state index contributed by atoms with van der Waals surface area (Å²) in [5, 5.41) is 9.82. The van der Waals surface area contributed by atoms with Crippen molar-refractivity contribution in [2.75, 3.05) is 0 Å². The maximum atomic E-state index is 9.82. The van der Waals surface area contributed by atoms with Crippen molar-refractivity contribution in [2.45, 2.75) is 50.0 Å². The van der Waals surface area contributed by atoms with Crippen molar-refractivity contribution in [1.82, 2.24) is 0 Å². The van der Waals surface area contributed by atoms with Crippen molar-refractivity contribution in [3.63, 3.8) is 0 Å². The van der Waals surface area contributed by atoms with Gasteiger partial charge in [0, 0.05) is 0 Å². The van der Waals surface area contributed by atoms with E-state index in [2.05, 4.69) is 0 Å². The highest BCUT2D eigenvalue weighted by Gasteiger charge is 2.31. The summed E-state index contributed by atoms with van der Waals surface area (Å²) in [7, 11) is 0. The Labute approximate surface area is 78.7 Å². The summed E-state index contributed by atoms with van der Waals surface area (Å²) in [6.45, 7) is 4.02. The van der Waals surface area contributed by atoms with Crippen LogP contribution in [0.3, 0.4) is 0 Å². The van der Waals surface area contributed by atoms with Crippen molar-refractivity contribution in [1.29, 1.82) is 0 Å². The molecule has 11 heavy (non-hydrogen) atoms. The molecule has 3 heteroatoms. The maximum absolute atomic E-state index is 9.82. The molecule has 1 nitrogen and oxygen atoms in total. The first-order valence-electron chi connectivity index (χ1n) is 4.07. The average molecular weight is 199 g/mol. The van der Waals surface area contributed by atoms with Crippen LogP contribution in [-0.2, 0) is 0 Å². The predicted molar refractivity (Wildman–Crippen MR) is 50.3 cm³/mol. The molecule has 0 spiro atoms. The molecule has 0 heterocycles. The zero-order valence-electron chi connectivity index (χ0n) is 7.11. The van der Waals surface area contributed by atoms with Gasteiger partial charge in [-0.25, -0.2) is 0 Å². The van der Waals surface area contributed by atoms with Gasteiger partial charge in [0.05, 0.1) is 5.60 Å². The number of rotatable bonds is 5. The minimum absolute atomic E-state index is 0.664. The van der Waals surface area contributed by atoms with E-state index < -0.39 is 10.4 Å². The van der Waals surface area contributed by atoms with E-state index in [9.17, 15) is 5.11 Å². The molecule has 0 aliphatic rings. The molecule has 0 aliphatic heterocycles. The van der Waals surface area contributed by atoms with E-state index in [1.54, 1.807) is 0 Å². The molecule has 0 bridgehead atoms. The molecule has 0 unspecified atom stereocenters. The topological polar surface area (TPSA) is 20.2 Å². The van der Waals surface area contributed by atoms with E-state index in [-0.39, 0.29) is 0 Å². The molecule has 0 saturated carbocycles. The number of hydrogen-bond acceptors (Lipinski definition) is 1. The highest BCUT2D eigenvalue weighted by molar-refractivity contribution is 6.45. The van der Waals surface area contributed by atoms with Crippen LogP contribution in [0.15, 0.2) is 0 Å². The molecule has 0 aromatic rings. The first kappa shape index (κ1) is 11.5. The van der Waals surface area contributed by atoms with E-state index in [0.717, 1.165) is 12.8 Å². The molecule has 0 saturated heterocycles. The van der Waals surface area contributed by atoms with Gasteiger partial charge < -0.3 is 5.11 Å². The molecule has 0 aromatic heterocycles. The van der Waals surface area contributed by atoms with Gasteiger partial charge in [0.15, 0.2) is 0 Å². The van der Waals surface area contributed by atoms with E-state index in [1.165, 1.54) is 0 Å². The van der Waals surface area contributed by atoms with Crippen LogP contribution in [0.4, 0.5) is 0 Å². The molecular weight excluding hydrogens is 183 g/mol. The Balaban J connectivity index is 4.01. The fourth-order valence-corrected chi connectivity index (χ4v) is 1.65. The zero-order chi connectivity index (χ0) is 8.91. The van der Waals surface area contributed by atoms with Gasteiger partial charge in [-0.2, -0.15) is 0 Å². The fraction of sp³-hybridized carbons (Fsp3) is 1.00. The standard InChI is InChI=1S/C8H16Cl2O/c1-3-5-8(11,6-4-2)7(9)10/h7,11H,3-6H2,1-2H3. The molecule has 0 aromatic carbocycles. The number of hydrogen-bond donors (Lipinski definition) is 1. The van der Waals surface area contributed by atoms with Gasteiger partial charge in [-0.05, 0) is 12.8 Å². The Hall–Kier alpha value is 0.540. The predicted octanol–water partition coefficient (Wildman–Crippen LogP) is 3.12. The summed E-state index contributed by atoms with van der Waals surface area (Å²) in [5.41, 5.74) is -0.868. The molecular formula is C8H16Cl2O. The van der Waals surface area contributed by atoms with Gasteiger partial charge in [0.1, 0.15) is 4.84 Å². The molecule has 0 atom stereocenters. The highest BCUT2D eigenvalue weighted by Crippen LogP contribution is 2.29. The molecule has 0 amide bonds. The van der Waals surface area contributed by atoms with Crippen molar-refractivity contribution >= 4 is 23.2 Å². The summed E-state index contributed by atoms with van der Waals surface area (Å²) >= 11 is 11.3. The van der Waals surface area contributed by atoms with Crippen LogP contribution < -0.4 is 0 Å². The summed E-state index contributed by atoms with van der Waals surface area (Å²) in [6.07, 6.45) is 3.18. The Morgan fingerprint density at radius 3 is 1.73 bits per heavy atom. The Kier molecular flexibility index (Phi) is 5.49. The number of halogens is 2. The second-order valence-corrected chi connectivity index (χ2v) is 4.00. The van der Waals surface area contributed by atoms with E-state index in [4.69, 9.17) is 23.2 Å². The van der Waals surface area contributed by atoms with Gasteiger partial charge in [0.2, 0.25) is 0 Å². The van der Waals surface area contributed by atoms with Crippen LogP contribution in [0.5, 0.6) is 0 Å². The molecule has 0 radical (unpaired) electrons. The Morgan fingerprint density at radius 2 is 1.55 bits per heavy atom. The van der Waals surface area contributed by atoms with Gasteiger partial charge in [-0.3, -0.25) is 0 Å². The number of alkyl halides is 2. The lowest BCUT2D eigenvalue weighted by molar-refractivity contribution is 0.0347. The highest BCUT2D eigenvalue weighted by atomic mass is 35.5. The quantitative estimate of drug-likeness (QED) is 0.674. The number of aliphatic hydroxyl groups is 1. The summed E-state index contributed by atoms with van der Waals surface area (Å²) in [5.74, 6) is 0. The molecule has 0 fully saturated rings. The van der Waals surface area contributed by atoms with Crippen LogP contribution in [0.1, 0.15) is 39.5 Å². The third-order valence-corrected chi connectivity index (χ3v) is 2.58. The smallest absolute Gasteiger partial charge is 0.136 e. The lowest BCUT2D eigenvalue weighted by atomic mass is 9.95. The molecule has 0 rings (SSSR count). The fourth-order valence-electron chi connectivity index (χ4n) is 1.21. The van der Waals surface area contributed by atoms with Gasteiger partial charge in [-0.1, -0.05) is 26.7 Å². The SMILES string of the molecule is CCCC(O)(CCC)C(Cl)Cl. The normalized spacial score (nSPS) is 12.5. The van der Waals surface area contributed by atoms with E-state index in [0.29, 0.717) is 12.8 Å². The molecule has 1 N–H and O–H groups in total. The lowest BCUT2D eigenvalue weighted by Crippen LogP contribution is -2.35. The summed E-state index contributed by atoms with van der Waals surface area (Å²) in [6, 6.07) is 0. The Bertz CT molecular complexity index is 98.3. The van der Waals surface area contributed by atoms with Crippen molar-refractivity contribution in [3.05, 3.63) is 0 Å². The van der Waals surface area contributed by atoms with E-state index in [1.807, 2.05) is 13.8 Å². The van der Waals surface area contributed by atoms with Gasteiger partial charge in [-0.15, -0.1) is 23.2 Å². The second kappa shape index (κ2) is 5.23. The van der Waals surface area contributed by atoms with Crippen molar-refractivity contribution < 1.29 is 5.11 Å². The maximum Gasteiger partial charge on any atom is 0.136 e. The van der Waals surface area contributed by atoms with Crippen molar-refractivity contribution in [2.24, 2.45) is 0 Å². The first-order valence-corrected chi connectivity index (χ1v) is 4.94. The zero-order valence-corrected chi connectivity index (χ0v) is 8.62. The lowest BCUT2D eigenvalue weighted by Gasteiger charge is -2.28. The summed E-state index contributed by atoms with van der Waals surface area (Å²) < 4.78 is 0. The second-order valence-electron chi connectivity index (χ2n) is 2.90. The minimum Gasteiger partial charge on any atom is -0.387 e. The largest absolute Gasteiger partial charge is 0.387 e. The molecule has 0 aliphatic carbocycles. The third-order valence-electron chi connectivity index (χ3n) is 1.77. The first-order chi connectivity index (χ1) is 5.06. The third kappa shape index (κ3) is 3.64. The van der Waals surface area contributed by atoms with Crippen LogP contribution in [-0.4, -0.2) is 15.5 Å². The van der Waals surface area contributed by atoms with Crippen molar-refractivity contribution in [3.8, 4) is 0 Å². The minimum atomic E-state index is -0.868. The van der Waals surface area contributed by atoms with Crippen LogP contribution in [0.2, 0.25) is 0 Å². The van der Waals surface area contributed by atoms with Crippen LogP contribution >= 0.6 is 23.2 Å². The van der Waals surface area contributed by atoms with E-state index >= 15 is 0 Å². The average Bonchev–Trinajstić information content (AvgIpc) is 1.88. The molecule has 68 valence electrons. The van der Waals surface area contributed by atoms with Gasteiger partial charge >= 0.3 is 0 Å². The Morgan fingerprint density at radius 1 is 1.18 bits per heavy atom. The monoisotopic (exact) mass is 198 g/mol. The van der Waals surface area contributed by atoms with Crippen LogP contribution in [0.25, 0.3) is 0 Å². The summed E-state index contributed by atoms with van der Waals surface area (Å²) in [4.78, 5) is -0.664. The van der Waals surface area contributed by atoms with Gasteiger partial charge in [0.25, 0.3) is 0 Å².